The number of unbranched alkanes of at least 4 members (excludes halogenated alkanes) is 1. The van der Waals surface area contributed by atoms with E-state index < -0.39 is 21.8 Å². The van der Waals surface area contributed by atoms with Crippen molar-refractivity contribution < 1.29 is 41.7 Å². The molecule has 0 aromatic heterocycles. The van der Waals surface area contributed by atoms with Crippen molar-refractivity contribution >= 4 is 21.8 Å². The lowest BCUT2D eigenvalue weighted by Crippen LogP contribution is -2.45. The number of carbonyl (C=O) groups excluding carboxylic acids is 2. The van der Waals surface area contributed by atoms with Crippen LogP contribution in [0.15, 0.2) is 107 Å². The van der Waals surface area contributed by atoms with Crippen molar-refractivity contribution in [1.29, 1.82) is 0 Å². The van der Waals surface area contributed by atoms with Gasteiger partial charge in [-0.15, -0.1) is 0 Å². The van der Waals surface area contributed by atoms with Gasteiger partial charge in [-0.1, -0.05) is 24.6 Å². The first-order valence-corrected chi connectivity index (χ1v) is 17.0. The second-order valence-corrected chi connectivity index (χ2v) is 13.5. The lowest BCUT2D eigenvalue weighted by molar-refractivity contribution is -0.150. The third kappa shape index (κ3) is 8.85. The van der Waals surface area contributed by atoms with Gasteiger partial charge in [-0.2, -0.15) is 0 Å². The van der Waals surface area contributed by atoms with Gasteiger partial charge in [0.05, 0.1) is 47.3 Å². The molecule has 246 valence electrons. The Morgan fingerprint density at radius 3 is 1.62 bits per heavy atom. The number of benzene rings is 4. The molecule has 0 spiro atoms. The summed E-state index contributed by atoms with van der Waals surface area (Å²) in [6, 6.07) is 24.8. The van der Waals surface area contributed by atoms with E-state index in [9.17, 15) is 18.0 Å². The molecule has 47 heavy (non-hydrogen) atoms. The van der Waals surface area contributed by atoms with E-state index in [4.69, 9.17) is 23.7 Å². The molecule has 1 heterocycles. The van der Waals surface area contributed by atoms with Crippen molar-refractivity contribution in [2.24, 2.45) is 5.41 Å². The molecule has 0 atom stereocenters. The van der Waals surface area contributed by atoms with E-state index in [2.05, 4.69) is 6.92 Å². The molecule has 4 aromatic carbocycles. The van der Waals surface area contributed by atoms with Gasteiger partial charge in [-0.3, -0.25) is 0 Å². The lowest BCUT2D eigenvalue weighted by atomic mass is 9.84. The molecule has 1 aliphatic rings. The maximum atomic E-state index is 13.2. The monoisotopic (exact) mass is 658 g/mol. The molecule has 0 amide bonds. The van der Waals surface area contributed by atoms with E-state index in [1.54, 1.807) is 48.5 Å². The first-order valence-electron chi connectivity index (χ1n) is 15.5. The molecule has 0 saturated carbocycles. The minimum atomic E-state index is -3.87. The van der Waals surface area contributed by atoms with E-state index in [0.717, 1.165) is 44.6 Å². The van der Waals surface area contributed by atoms with Crippen LogP contribution in [-0.4, -0.2) is 53.4 Å². The molecular formula is C37H38O9S. The predicted molar refractivity (Wildman–Crippen MR) is 175 cm³/mol. The molecule has 1 saturated heterocycles. The summed E-state index contributed by atoms with van der Waals surface area (Å²) in [5.41, 5.74) is 1.93. The molecule has 0 unspecified atom stereocenters. The van der Waals surface area contributed by atoms with Crippen molar-refractivity contribution in [3.05, 3.63) is 114 Å². The Bertz CT molecular complexity index is 1740. The van der Waals surface area contributed by atoms with Gasteiger partial charge in [-0.25, -0.2) is 18.0 Å². The van der Waals surface area contributed by atoms with E-state index in [1.807, 2.05) is 6.92 Å². The topological polar surface area (TPSA) is 114 Å². The number of aryl methyl sites for hydroxylation is 1. The van der Waals surface area contributed by atoms with Crippen molar-refractivity contribution in [2.45, 2.75) is 42.9 Å². The van der Waals surface area contributed by atoms with Crippen LogP contribution >= 0.6 is 0 Å². The Kier molecular flexibility index (Phi) is 11.1. The molecule has 0 N–H and O–H groups in total. The van der Waals surface area contributed by atoms with Crippen LogP contribution < -0.4 is 14.2 Å². The van der Waals surface area contributed by atoms with Crippen molar-refractivity contribution in [2.75, 3.05) is 33.0 Å². The van der Waals surface area contributed by atoms with Gasteiger partial charge >= 0.3 is 11.9 Å². The normalized spacial score (nSPS) is 13.7. The first kappa shape index (κ1) is 33.8. The number of carbonyl (C=O) groups is 2. The standard InChI is InChI=1S/C37H38O9S/c1-3-37(25-43-26-37)24-42-22-4-5-23-44-30-12-10-29(11-13-30)36(39)46-32-16-20-34(21-17-32)47(40,41)33-18-14-31(15-19-33)45-35(38)28-8-6-27(2)7-9-28/h6-21H,3-5,22-26H2,1-2H3. The molecule has 0 aliphatic carbocycles. The molecule has 5 rings (SSSR count). The summed E-state index contributed by atoms with van der Waals surface area (Å²) < 4.78 is 54.1. The molecule has 1 aliphatic heterocycles. The van der Waals surface area contributed by atoms with Gasteiger partial charge < -0.3 is 23.7 Å². The molecule has 0 radical (unpaired) electrons. The lowest BCUT2D eigenvalue weighted by Gasteiger charge is -2.40. The van der Waals surface area contributed by atoms with Crippen LogP contribution in [0, 0.1) is 12.3 Å². The smallest absolute Gasteiger partial charge is 0.343 e. The zero-order valence-electron chi connectivity index (χ0n) is 26.5. The van der Waals surface area contributed by atoms with Gasteiger partial charge in [0.1, 0.15) is 17.2 Å². The number of rotatable bonds is 15. The maximum Gasteiger partial charge on any atom is 0.343 e. The zero-order chi connectivity index (χ0) is 33.3. The number of ether oxygens (including phenoxy) is 5. The second kappa shape index (κ2) is 15.4. The molecule has 9 nitrogen and oxygen atoms in total. The fraction of sp³-hybridized carbons (Fsp3) is 0.297. The number of esters is 2. The van der Waals surface area contributed by atoms with Gasteiger partial charge in [0.15, 0.2) is 0 Å². The van der Waals surface area contributed by atoms with Gasteiger partial charge in [-0.05, 0) is 111 Å². The average Bonchev–Trinajstić information content (AvgIpc) is 3.06. The third-order valence-corrected chi connectivity index (χ3v) is 9.78. The fourth-order valence-electron chi connectivity index (χ4n) is 4.78. The van der Waals surface area contributed by atoms with Crippen molar-refractivity contribution in [3.8, 4) is 17.2 Å². The second-order valence-electron chi connectivity index (χ2n) is 11.6. The number of hydrogen-bond donors (Lipinski definition) is 0. The minimum Gasteiger partial charge on any atom is -0.494 e. The summed E-state index contributed by atoms with van der Waals surface area (Å²) in [5.74, 6) is -0.0574. The van der Waals surface area contributed by atoms with E-state index >= 15 is 0 Å². The van der Waals surface area contributed by atoms with Crippen LogP contribution in [0.25, 0.3) is 0 Å². The molecule has 4 aromatic rings. The van der Waals surface area contributed by atoms with Crippen LogP contribution in [0.4, 0.5) is 0 Å². The zero-order valence-corrected chi connectivity index (χ0v) is 27.3. The summed E-state index contributed by atoms with van der Waals surface area (Å²) in [5, 5.41) is 0. The maximum absolute atomic E-state index is 13.2. The Morgan fingerprint density at radius 1 is 0.681 bits per heavy atom. The highest BCUT2D eigenvalue weighted by Crippen LogP contribution is 2.31. The Hall–Kier alpha value is -4.51. The number of sulfone groups is 1. The highest BCUT2D eigenvalue weighted by molar-refractivity contribution is 7.91. The molecule has 1 fully saturated rings. The van der Waals surface area contributed by atoms with E-state index in [1.165, 1.54) is 48.5 Å². The molecule has 10 heteroatoms. The minimum absolute atomic E-state index is 0.0209. The van der Waals surface area contributed by atoms with Crippen LogP contribution in [0.5, 0.6) is 17.2 Å². The van der Waals surface area contributed by atoms with E-state index in [-0.39, 0.29) is 26.7 Å². The molecule has 0 bridgehead atoms. The summed E-state index contributed by atoms with van der Waals surface area (Å²) in [4.78, 5) is 25.1. The van der Waals surface area contributed by atoms with Crippen LogP contribution in [0.1, 0.15) is 52.5 Å². The van der Waals surface area contributed by atoms with Crippen LogP contribution in [-0.2, 0) is 19.3 Å². The van der Waals surface area contributed by atoms with Gasteiger partial charge in [0.2, 0.25) is 9.84 Å². The van der Waals surface area contributed by atoms with Crippen LogP contribution in [0.3, 0.4) is 0 Å². The average molecular weight is 659 g/mol. The van der Waals surface area contributed by atoms with E-state index in [0.29, 0.717) is 30.1 Å². The van der Waals surface area contributed by atoms with Crippen LogP contribution in [0.2, 0.25) is 0 Å². The quantitative estimate of drug-likeness (QED) is 0.0767. The Labute approximate surface area is 275 Å². The predicted octanol–water partition coefficient (Wildman–Crippen LogP) is 6.87. The van der Waals surface area contributed by atoms with Crippen molar-refractivity contribution in [1.82, 2.24) is 0 Å². The largest absolute Gasteiger partial charge is 0.494 e. The highest BCUT2D eigenvalue weighted by atomic mass is 32.2. The van der Waals surface area contributed by atoms with Gasteiger partial charge in [0, 0.05) is 12.0 Å². The third-order valence-electron chi connectivity index (χ3n) is 7.99. The van der Waals surface area contributed by atoms with Crippen molar-refractivity contribution in [3.63, 3.8) is 0 Å². The SMILES string of the molecule is CCC1(COCCCCOc2ccc(C(=O)Oc3ccc(S(=O)(=O)c4ccc(OC(=O)c5ccc(C)cc5)cc4)cc3)cc2)COC1. The summed E-state index contributed by atoms with van der Waals surface area (Å²) in [6.45, 7) is 7.59. The first-order chi connectivity index (χ1) is 22.7. The Morgan fingerprint density at radius 2 is 1.15 bits per heavy atom. The Balaban J connectivity index is 1.06. The molecular weight excluding hydrogens is 620 g/mol. The summed E-state index contributed by atoms with van der Waals surface area (Å²) in [7, 11) is -3.87. The summed E-state index contributed by atoms with van der Waals surface area (Å²) in [6.07, 6.45) is 2.80. The number of hydrogen-bond acceptors (Lipinski definition) is 9. The highest BCUT2D eigenvalue weighted by Gasteiger charge is 2.36. The fourth-order valence-corrected chi connectivity index (χ4v) is 6.04. The van der Waals surface area contributed by atoms with Gasteiger partial charge in [0.25, 0.3) is 0 Å². The summed E-state index contributed by atoms with van der Waals surface area (Å²) >= 11 is 0.